The number of halogens is 1. The molecular formula is C12H16FNO3S. The topological polar surface area (TPSA) is 69.4 Å². The molecule has 1 aromatic carbocycles. The van der Waals surface area contributed by atoms with Gasteiger partial charge in [-0.2, -0.15) is 0 Å². The van der Waals surface area contributed by atoms with E-state index >= 15 is 0 Å². The van der Waals surface area contributed by atoms with Crippen LogP contribution in [0.2, 0.25) is 0 Å². The number of ether oxygens (including phenoxy) is 1. The lowest BCUT2D eigenvalue weighted by atomic mass is 9.98. The van der Waals surface area contributed by atoms with Crippen LogP contribution < -0.4 is 9.88 Å². The molecule has 0 spiro atoms. The maximum Gasteiger partial charge on any atom is 0.241 e. The third-order valence-corrected chi connectivity index (χ3v) is 3.99. The Kier molecular flexibility index (Phi) is 3.87. The van der Waals surface area contributed by atoms with Crippen LogP contribution in [0, 0.1) is 5.82 Å². The molecule has 0 radical (unpaired) electrons. The fraction of sp³-hybridized carbons (Fsp3) is 0.500. The first-order valence-corrected chi connectivity index (χ1v) is 7.50. The summed E-state index contributed by atoms with van der Waals surface area (Å²) in [5, 5.41) is 5.06. The van der Waals surface area contributed by atoms with Crippen molar-refractivity contribution in [3.8, 4) is 5.75 Å². The van der Waals surface area contributed by atoms with Gasteiger partial charge in [0.05, 0.1) is 6.10 Å². The number of rotatable bonds is 3. The Labute approximate surface area is 106 Å². The highest BCUT2D eigenvalue weighted by atomic mass is 32.2. The van der Waals surface area contributed by atoms with E-state index in [4.69, 9.17) is 9.88 Å². The third-order valence-electron chi connectivity index (χ3n) is 3.06. The lowest BCUT2D eigenvalue weighted by Crippen LogP contribution is -2.22. The third kappa shape index (κ3) is 3.20. The maximum absolute atomic E-state index is 13.1. The molecular weight excluding hydrogens is 257 g/mol. The van der Waals surface area contributed by atoms with Gasteiger partial charge in [0.2, 0.25) is 10.0 Å². The smallest absolute Gasteiger partial charge is 0.241 e. The summed E-state index contributed by atoms with van der Waals surface area (Å²) in [5.41, 5.74) is 0. The Morgan fingerprint density at radius 3 is 2.50 bits per heavy atom. The highest BCUT2D eigenvalue weighted by Crippen LogP contribution is 2.28. The van der Waals surface area contributed by atoms with Crippen LogP contribution in [0.4, 0.5) is 4.39 Å². The van der Waals surface area contributed by atoms with Gasteiger partial charge in [-0.25, -0.2) is 17.9 Å². The van der Waals surface area contributed by atoms with E-state index in [1.54, 1.807) is 0 Å². The summed E-state index contributed by atoms with van der Waals surface area (Å²) in [6, 6.07) is 3.39. The van der Waals surface area contributed by atoms with E-state index in [1.807, 2.05) is 0 Å². The van der Waals surface area contributed by atoms with Gasteiger partial charge in [0.1, 0.15) is 16.5 Å². The van der Waals surface area contributed by atoms with Crippen LogP contribution in [0.3, 0.4) is 0 Å². The van der Waals surface area contributed by atoms with Crippen molar-refractivity contribution in [2.45, 2.75) is 43.1 Å². The Morgan fingerprint density at radius 1 is 1.22 bits per heavy atom. The molecule has 2 rings (SSSR count). The first-order valence-electron chi connectivity index (χ1n) is 5.96. The molecule has 18 heavy (non-hydrogen) atoms. The Morgan fingerprint density at radius 2 is 1.89 bits per heavy atom. The van der Waals surface area contributed by atoms with Gasteiger partial charge < -0.3 is 4.74 Å². The number of nitrogens with two attached hydrogens (primary N) is 1. The highest BCUT2D eigenvalue weighted by molar-refractivity contribution is 7.89. The van der Waals surface area contributed by atoms with Crippen LogP contribution >= 0.6 is 0 Å². The van der Waals surface area contributed by atoms with E-state index in [1.165, 1.54) is 18.6 Å². The summed E-state index contributed by atoms with van der Waals surface area (Å²) in [7, 11) is -3.97. The summed E-state index contributed by atoms with van der Waals surface area (Å²) < 4.78 is 41.5. The van der Waals surface area contributed by atoms with Gasteiger partial charge in [0.15, 0.2) is 0 Å². The molecule has 0 amide bonds. The highest BCUT2D eigenvalue weighted by Gasteiger charge is 2.21. The van der Waals surface area contributed by atoms with E-state index in [-0.39, 0.29) is 16.7 Å². The summed E-state index contributed by atoms with van der Waals surface area (Å²) in [6.45, 7) is 0. The first kappa shape index (κ1) is 13.3. The molecule has 0 bridgehead atoms. The number of primary sulfonamides is 1. The first-order chi connectivity index (χ1) is 8.47. The SMILES string of the molecule is NS(=O)(=O)c1cc(F)ccc1OC1CCCCC1. The molecule has 0 heterocycles. The molecule has 1 saturated carbocycles. The molecule has 100 valence electrons. The second kappa shape index (κ2) is 5.24. The minimum absolute atomic E-state index is 0.00953. The van der Waals surface area contributed by atoms with E-state index in [9.17, 15) is 12.8 Å². The molecule has 0 saturated heterocycles. The van der Waals surface area contributed by atoms with Crippen LogP contribution in [0.1, 0.15) is 32.1 Å². The van der Waals surface area contributed by atoms with Crippen LogP contribution in [0.25, 0.3) is 0 Å². The van der Waals surface area contributed by atoms with Crippen molar-refractivity contribution >= 4 is 10.0 Å². The van der Waals surface area contributed by atoms with Crippen molar-refractivity contribution < 1.29 is 17.5 Å². The van der Waals surface area contributed by atoms with Crippen molar-refractivity contribution in [2.24, 2.45) is 5.14 Å². The minimum atomic E-state index is -3.97. The molecule has 1 fully saturated rings. The van der Waals surface area contributed by atoms with E-state index in [2.05, 4.69) is 0 Å². The molecule has 1 aliphatic carbocycles. The second-order valence-electron chi connectivity index (χ2n) is 4.51. The molecule has 4 nitrogen and oxygen atoms in total. The molecule has 0 atom stereocenters. The van der Waals surface area contributed by atoms with Gasteiger partial charge in [-0.15, -0.1) is 0 Å². The van der Waals surface area contributed by atoms with Crippen LogP contribution in [0.5, 0.6) is 5.75 Å². The zero-order valence-corrected chi connectivity index (χ0v) is 10.7. The lowest BCUT2D eigenvalue weighted by Gasteiger charge is -2.23. The maximum atomic E-state index is 13.1. The van der Waals surface area contributed by atoms with E-state index in [0.29, 0.717) is 0 Å². The van der Waals surface area contributed by atoms with Gasteiger partial charge in [-0.1, -0.05) is 6.42 Å². The largest absolute Gasteiger partial charge is 0.489 e. The fourth-order valence-corrected chi connectivity index (χ4v) is 2.84. The number of benzene rings is 1. The van der Waals surface area contributed by atoms with E-state index < -0.39 is 15.8 Å². The summed E-state index contributed by atoms with van der Waals surface area (Å²) in [4.78, 5) is -0.284. The fourth-order valence-electron chi connectivity index (χ4n) is 2.16. The zero-order valence-electron chi connectivity index (χ0n) is 9.93. The quantitative estimate of drug-likeness (QED) is 0.917. The zero-order chi connectivity index (χ0) is 13.2. The van der Waals surface area contributed by atoms with Crippen molar-refractivity contribution in [1.82, 2.24) is 0 Å². The summed E-state index contributed by atoms with van der Waals surface area (Å²) in [5.74, 6) is -0.499. The minimum Gasteiger partial charge on any atom is -0.489 e. The van der Waals surface area contributed by atoms with Gasteiger partial charge in [0.25, 0.3) is 0 Å². The monoisotopic (exact) mass is 273 g/mol. The number of sulfonamides is 1. The predicted octanol–water partition coefficient (Wildman–Crippen LogP) is 2.18. The normalized spacial score (nSPS) is 17.7. The van der Waals surface area contributed by atoms with E-state index in [0.717, 1.165) is 31.7 Å². The van der Waals surface area contributed by atoms with Gasteiger partial charge in [-0.05, 0) is 43.9 Å². The van der Waals surface area contributed by atoms with Crippen molar-refractivity contribution in [3.05, 3.63) is 24.0 Å². The van der Waals surface area contributed by atoms with Gasteiger partial charge >= 0.3 is 0 Å². The molecule has 2 N–H and O–H groups in total. The Balaban J connectivity index is 2.26. The van der Waals surface area contributed by atoms with Crippen LogP contribution in [0.15, 0.2) is 23.1 Å². The Bertz CT molecular complexity index is 524. The molecule has 0 aliphatic heterocycles. The summed E-state index contributed by atoms with van der Waals surface area (Å²) >= 11 is 0. The average molecular weight is 273 g/mol. The molecule has 1 aromatic rings. The van der Waals surface area contributed by atoms with Crippen LogP contribution in [-0.2, 0) is 10.0 Å². The molecule has 1 aliphatic rings. The lowest BCUT2D eigenvalue weighted by molar-refractivity contribution is 0.150. The van der Waals surface area contributed by atoms with Crippen LogP contribution in [-0.4, -0.2) is 14.5 Å². The Hall–Kier alpha value is -1.14. The average Bonchev–Trinajstić information content (AvgIpc) is 2.31. The van der Waals surface area contributed by atoms with Gasteiger partial charge in [0, 0.05) is 0 Å². The number of hydrogen-bond donors (Lipinski definition) is 1. The number of hydrogen-bond acceptors (Lipinski definition) is 3. The molecule has 6 heteroatoms. The predicted molar refractivity (Wildman–Crippen MR) is 65.3 cm³/mol. The van der Waals surface area contributed by atoms with Crippen molar-refractivity contribution in [3.63, 3.8) is 0 Å². The van der Waals surface area contributed by atoms with Crippen molar-refractivity contribution in [1.29, 1.82) is 0 Å². The summed E-state index contributed by atoms with van der Waals surface area (Å²) in [6.07, 6.45) is 5.08. The second-order valence-corrected chi connectivity index (χ2v) is 6.04. The van der Waals surface area contributed by atoms with Gasteiger partial charge in [-0.3, -0.25) is 0 Å². The standard InChI is InChI=1S/C12H16FNO3S/c13-9-6-7-11(12(8-9)18(14,15)16)17-10-4-2-1-3-5-10/h6-8,10H,1-5H2,(H2,14,15,16). The molecule has 0 aromatic heterocycles. The molecule has 0 unspecified atom stereocenters. The van der Waals surface area contributed by atoms with Crippen molar-refractivity contribution in [2.75, 3.05) is 0 Å².